The number of amides is 1. The molecule has 11 heteroatoms. The van der Waals surface area contributed by atoms with Gasteiger partial charge < -0.3 is 11.1 Å². The quantitative estimate of drug-likeness (QED) is 0.528. The number of nitrogens with zero attached hydrogens (tertiary/aromatic N) is 8. The second-order valence-corrected chi connectivity index (χ2v) is 6.37. The lowest BCUT2D eigenvalue weighted by Crippen LogP contribution is -2.17. The number of carbonyl (C=O) groups is 1. The number of nitrogen functional groups attached to an aromatic ring is 1. The Bertz CT molecular complexity index is 1190. The second kappa shape index (κ2) is 6.68. The molecule has 4 rings (SSSR count). The molecular formula is C17H18N10O. The van der Waals surface area contributed by atoms with Crippen molar-refractivity contribution in [2.45, 2.75) is 20.3 Å². The maximum atomic E-state index is 12.6. The van der Waals surface area contributed by atoms with Crippen LogP contribution in [0.2, 0.25) is 0 Å². The standard InChI is InChI=1S/C17H18N10O/c1-9-13(10(2)27-17(19-9)21-16(18)23-27)8-14(28)20-12-6-4-5-11(7-12)15-22-24-25-26(15)3/h4-7H,8H2,1-3H3,(H2,18,23)(H,20,28). The lowest BCUT2D eigenvalue weighted by atomic mass is 10.1. The van der Waals surface area contributed by atoms with Crippen LogP contribution in [-0.2, 0) is 18.3 Å². The van der Waals surface area contributed by atoms with Gasteiger partial charge in [0, 0.05) is 35.2 Å². The molecule has 0 bridgehead atoms. The molecule has 11 nitrogen and oxygen atoms in total. The van der Waals surface area contributed by atoms with Crippen LogP contribution in [0.3, 0.4) is 0 Å². The van der Waals surface area contributed by atoms with Crippen molar-refractivity contribution in [2.75, 3.05) is 11.1 Å². The highest BCUT2D eigenvalue weighted by molar-refractivity contribution is 5.93. The number of rotatable bonds is 4. The van der Waals surface area contributed by atoms with Crippen LogP contribution in [0.25, 0.3) is 17.2 Å². The first kappa shape index (κ1) is 17.5. The molecule has 0 saturated carbocycles. The average molecular weight is 378 g/mol. The Morgan fingerprint density at radius 2 is 2.07 bits per heavy atom. The van der Waals surface area contributed by atoms with E-state index in [0.29, 0.717) is 23.0 Å². The summed E-state index contributed by atoms with van der Waals surface area (Å²) in [5, 5.41) is 18.5. The van der Waals surface area contributed by atoms with Gasteiger partial charge in [0.2, 0.25) is 11.9 Å². The van der Waals surface area contributed by atoms with E-state index in [-0.39, 0.29) is 18.3 Å². The first-order chi connectivity index (χ1) is 13.4. The molecule has 0 atom stereocenters. The van der Waals surface area contributed by atoms with E-state index in [1.165, 1.54) is 0 Å². The van der Waals surface area contributed by atoms with Crippen molar-refractivity contribution >= 4 is 23.3 Å². The summed E-state index contributed by atoms with van der Waals surface area (Å²) in [5.74, 6) is 1.00. The largest absolute Gasteiger partial charge is 0.366 e. The van der Waals surface area contributed by atoms with E-state index in [1.807, 2.05) is 38.1 Å². The number of benzene rings is 1. The highest BCUT2D eigenvalue weighted by atomic mass is 16.1. The summed E-state index contributed by atoms with van der Waals surface area (Å²) >= 11 is 0. The summed E-state index contributed by atoms with van der Waals surface area (Å²) in [6.07, 6.45) is 0.149. The molecular weight excluding hydrogens is 360 g/mol. The Balaban J connectivity index is 1.57. The van der Waals surface area contributed by atoms with Crippen molar-refractivity contribution in [3.63, 3.8) is 0 Å². The van der Waals surface area contributed by atoms with Crippen molar-refractivity contribution in [2.24, 2.45) is 7.05 Å². The van der Waals surface area contributed by atoms with Crippen LogP contribution in [0.1, 0.15) is 17.0 Å². The predicted octanol–water partition coefficient (Wildman–Crippen LogP) is 0.695. The van der Waals surface area contributed by atoms with Gasteiger partial charge in [0.1, 0.15) is 0 Å². The van der Waals surface area contributed by atoms with Crippen molar-refractivity contribution < 1.29 is 4.79 Å². The van der Waals surface area contributed by atoms with Gasteiger partial charge >= 0.3 is 0 Å². The summed E-state index contributed by atoms with van der Waals surface area (Å²) < 4.78 is 3.12. The van der Waals surface area contributed by atoms with Crippen molar-refractivity contribution in [1.82, 2.24) is 39.8 Å². The maximum absolute atomic E-state index is 12.6. The normalized spacial score (nSPS) is 11.1. The highest BCUT2D eigenvalue weighted by Crippen LogP contribution is 2.20. The average Bonchev–Trinajstić information content (AvgIpc) is 3.24. The smallest absolute Gasteiger partial charge is 0.254 e. The number of fused-ring (bicyclic) bond motifs is 1. The van der Waals surface area contributed by atoms with E-state index in [0.717, 1.165) is 16.8 Å². The van der Waals surface area contributed by atoms with Gasteiger partial charge in [-0.2, -0.15) is 9.50 Å². The molecule has 142 valence electrons. The molecule has 1 amide bonds. The molecule has 28 heavy (non-hydrogen) atoms. The zero-order valence-electron chi connectivity index (χ0n) is 15.6. The number of tetrazole rings is 1. The first-order valence-corrected chi connectivity index (χ1v) is 8.53. The minimum atomic E-state index is -0.173. The number of aryl methyl sites for hydroxylation is 3. The third kappa shape index (κ3) is 3.13. The fourth-order valence-corrected chi connectivity index (χ4v) is 3.06. The zero-order chi connectivity index (χ0) is 19.8. The third-order valence-electron chi connectivity index (χ3n) is 4.43. The number of nitrogens with one attached hydrogen (secondary N) is 1. The fraction of sp³-hybridized carbons (Fsp3) is 0.235. The minimum absolute atomic E-state index is 0.145. The third-order valence-corrected chi connectivity index (χ3v) is 4.43. The second-order valence-electron chi connectivity index (χ2n) is 6.37. The van der Waals surface area contributed by atoms with Gasteiger partial charge in [0.05, 0.1) is 6.42 Å². The molecule has 0 aliphatic rings. The number of carbonyl (C=O) groups excluding carboxylic acids is 1. The van der Waals surface area contributed by atoms with Crippen LogP contribution >= 0.6 is 0 Å². The van der Waals surface area contributed by atoms with E-state index in [2.05, 4.69) is 35.9 Å². The van der Waals surface area contributed by atoms with E-state index >= 15 is 0 Å². The molecule has 3 heterocycles. The molecule has 0 radical (unpaired) electrons. The lowest BCUT2D eigenvalue weighted by molar-refractivity contribution is -0.115. The van der Waals surface area contributed by atoms with E-state index < -0.39 is 0 Å². The van der Waals surface area contributed by atoms with Gasteiger partial charge in [-0.15, -0.1) is 10.2 Å². The summed E-state index contributed by atoms with van der Waals surface area (Å²) in [6.45, 7) is 3.70. The molecule has 0 fully saturated rings. The molecule has 0 unspecified atom stereocenters. The highest BCUT2D eigenvalue weighted by Gasteiger charge is 2.16. The maximum Gasteiger partial charge on any atom is 0.254 e. The molecule has 0 aliphatic heterocycles. The topological polar surface area (TPSA) is 142 Å². The lowest BCUT2D eigenvalue weighted by Gasteiger charge is -2.11. The van der Waals surface area contributed by atoms with Crippen LogP contribution in [0.4, 0.5) is 11.6 Å². The number of aromatic nitrogens is 8. The Hall–Kier alpha value is -3.89. The summed E-state index contributed by atoms with van der Waals surface area (Å²) in [5.41, 5.74) is 9.38. The van der Waals surface area contributed by atoms with Crippen molar-refractivity contribution in [1.29, 1.82) is 0 Å². The molecule has 0 saturated heterocycles. The van der Waals surface area contributed by atoms with Crippen molar-refractivity contribution in [3.8, 4) is 11.4 Å². The molecule has 0 spiro atoms. The van der Waals surface area contributed by atoms with Gasteiger partial charge in [0.15, 0.2) is 5.82 Å². The monoisotopic (exact) mass is 378 g/mol. The van der Waals surface area contributed by atoms with Crippen LogP contribution in [0.5, 0.6) is 0 Å². The summed E-state index contributed by atoms with van der Waals surface area (Å²) in [7, 11) is 1.76. The SMILES string of the molecule is Cc1nc2nc(N)nn2c(C)c1CC(=O)Nc1cccc(-c2nnnn2C)c1. The fourth-order valence-electron chi connectivity index (χ4n) is 3.06. The molecule has 3 N–H and O–H groups in total. The summed E-state index contributed by atoms with van der Waals surface area (Å²) in [4.78, 5) is 21.1. The first-order valence-electron chi connectivity index (χ1n) is 8.53. The van der Waals surface area contributed by atoms with E-state index in [9.17, 15) is 4.79 Å². The minimum Gasteiger partial charge on any atom is -0.366 e. The van der Waals surface area contributed by atoms with Crippen LogP contribution in [0.15, 0.2) is 24.3 Å². The van der Waals surface area contributed by atoms with Crippen molar-refractivity contribution in [3.05, 3.63) is 41.2 Å². The molecule has 0 aliphatic carbocycles. The van der Waals surface area contributed by atoms with Crippen LogP contribution in [-0.4, -0.2) is 45.7 Å². The van der Waals surface area contributed by atoms with E-state index in [4.69, 9.17) is 5.73 Å². The van der Waals surface area contributed by atoms with Gasteiger partial charge in [-0.05, 0) is 36.4 Å². The molecule has 4 aromatic rings. The Morgan fingerprint density at radius 1 is 1.25 bits per heavy atom. The number of anilines is 2. The van der Waals surface area contributed by atoms with Crippen LogP contribution in [0, 0.1) is 13.8 Å². The Morgan fingerprint density at radius 3 is 2.82 bits per heavy atom. The van der Waals surface area contributed by atoms with Crippen LogP contribution < -0.4 is 11.1 Å². The summed E-state index contributed by atoms with van der Waals surface area (Å²) in [6, 6.07) is 7.35. The predicted molar refractivity (Wildman–Crippen MR) is 101 cm³/mol. The Labute approximate surface area is 159 Å². The van der Waals surface area contributed by atoms with E-state index in [1.54, 1.807) is 16.2 Å². The van der Waals surface area contributed by atoms with Gasteiger partial charge in [-0.1, -0.05) is 12.1 Å². The van der Waals surface area contributed by atoms with Gasteiger partial charge in [0.25, 0.3) is 5.78 Å². The Kier molecular flexibility index (Phi) is 4.18. The van der Waals surface area contributed by atoms with Gasteiger partial charge in [-0.3, -0.25) is 4.79 Å². The number of hydrogen-bond acceptors (Lipinski definition) is 8. The molecule has 3 aromatic heterocycles. The zero-order valence-corrected chi connectivity index (χ0v) is 15.6. The number of hydrogen-bond donors (Lipinski definition) is 2. The molecule has 1 aromatic carbocycles. The number of nitrogens with two attached hydrogens (primary N) is 1. The van der Waals surface area contributed by atoms with Gasteiger partial charge in [-0.25, -0.2) is 9.67 Å².